The maximum Gasteiger partial charge on any atom is 0.220 e. The second-order valence-corrected chi connectivity index (χ2v) is 27.8. The van der Waals surface area contributed by atoms with E-state index in [1.165, 1.54) is 244 Å². The second-order valence-electron chi connectivity index (χ2n) is 27.8. The molecule has 1 amide bonds. The maximum atomic E-state index is 13.4. The summed E-state index contributed by atoms with van der Waals surface area (Å²) in [5.74, 6) is -0.278. The van der Waals surface area contributed by atoms with Crippen LogP contribution in [0.15, 0.2) is 24.3 Å². The van der Waals surface area contributed by atoms with Gasteiger partial charge in [0, 0.05) is 6.42 Å². The van der Waals surface area contributed by atoms with Gasteiger partial charge in [-0.1, -0.05) is 301 Å². The first-order valence-electron chi connectivity index (χ1n) is 38.6. The molecule has 0 saturated carbocycles. The van der Waals surface area contributed by atoms with Gasteiger partial charge in [0.05, 0.1) is 38.6 Å². The van der Waals surface area contributed by atoms with Gasteiger partial charge in [-0.2, -0.15) is 0 Å². The third-order valence-electron chi connectivity index (χ3n) is 19.5. The van der Waals surface area contributed by atoms with Crippen LogP contribution < -0.4 is 5.32 Å². The van der Waals surface area contributed by atoms with Gasteiger partial charge in [0.25, 0.3) is 0 Å². The smallest absolute Gasteiger partial charge is 0.220 e. The molecular formula is C75H141NO18. The first-order chi connectivity index (χ1) is 45.8. The van der Waals surface area contributed by atoms with Gasteiger partial charge in [0.2, 0.25) is 5.91 Å². The summed E-state index contributed by atoms with van der Waals surface area (Å²) in [7, 11) is 0. The molecule has 12 N–H and O–H groups in total. The Kier molecular flexibility index (Phi) is 52.4. The minimum atomic E-state index is -1.98. The van der Waals surface area contributed by atoms with Gasteiger partial charge in [0.15, 0.2) is 18.9 Å². The molecular weight excluding hydrogens is 1200 g/mol. The highest BCUT2D eigenvalue weighted by Crippen LogP contribution is 2.33. The van der Waals surface area contributed by atoms with Crippen molar-refractivity contribution in [3.05, 3.63) is 24.3 Å². The number of carbonyl (C=O) groups is 1. The zero-order chi connectivity index (χ0) is 68.2. The van der Waals surface area contributed by atoms with Crippen LogP contribution in [0.1, 0.15) is 316 Å². The van der Waals surface area contributed by atoms with Gasteiger partial charge in [0.1, 0.15) is 73.2 Å². The van der Waals surface area contributed by atoms with Crippen molar-refractivity contribution < 1.29 is 89.4 Å². The third kappa shape index (κ3) is 37.6. The van der Waals surface area contributed by atoms with Crippen molar-refractivity contribution in [1.29, 1.82) is 0 Å². The number of aliphatic hydroxyl groups is 11. The molecule has 3 rings (SSSR count). The highest BCUT2D eigenvalue weighted by Gasteiger charge is 2.53. The number of hydrogen-bond donors (Lipinski definition) is 12. The van der Waals surface area contributed by atoms with Gasteiger partial charge in [-0.3, -0.25) is 4.79 Å². The van der Waals surface area contributed by atoms with E-state index in [0.29, 0.717) is 12.8 Å². The summed E-state index contributed by atoms with van der Waals surface area (Å²) in [6.07, 6.45) is 40.3. The van der Waals surface area contributed by atoms with Gasteiger partial charge in [-0.15, -0.1) is 0 Å². The number of aliphatic hydroxyl groups excluding tert-OH is 11. The summed E-state index contributed by atoms with van der Waals surface area (Å²) < 4.78 is 34.4. The standard InChI is InChI=1S/C75H141NO18/c1-3-5-7-9-11-13-15-17-19-21-23-25-26-27-28-29-30-31-32-33-35-37-39-41-43-45-47-49-51-53-63(81)76-58(59(80)52-50-48-46-44-42-40-38-36-34-24-22-20-18-16-14-12-10-8-6-4-2)57-89-73-69(87)66(84)71(61(55-78)91-73)94-75-70(88)67(85)72(62(56-79)92-75)93-74-68(86)65(83)64(82)60(54-77)90-74/h42,44,50,52,58-62,64-75,77-80,82-88H,3-41,43,45-49,51,53-57H2,1-2H3,(H,76,81)/b44-42+,52-50+. The molecule has 3 aliphatic rings. The van der Waals surface area contributed by atoms with E-state index in [1.807, 2.05) is 6.08 Å². The fourth-order valence-corrected chi connectivity index (χ4v) is 13.3. The van der Waals surface area contributed by atoms with E-state index >= 15 is 0 Å². The van der Waals surface area contributed by atoms with Crippen molar-refractivity contribution in [3.8, 4) is 0 Å². The number of amides is 1. The minimum Gasteiger partial charge on any atom is -0.394 e. The zero-order valence-corrected chi connectivity index (χ0v) is 59.0. The van der Waals surface area contributed by atoms with E-state index in [2.05, 4.69) is 31.3 Å². The van der Waals surface area contributed by atoms with E-state index in [9.17, 15) is 61.0 Å². The Bertz CT molecular complexity index is 1800. The van der Waals surface area contributed by atoms with E-state index in [4.69, 9.17) is 28.4 Å². The summed E-state index contributed by atoms with van der Waals surface area (Å²) >= 11 is 0. The predicted octanol–water partition coefficient (Wildman–Crippen LogP) is 11.8. The molecule has 0 bridgehead atoms. The average molecular weight is 1340 g/mol. The number of unbranched alkanes of at least 4 members (excludes halogenated alkanes) is 43. The SMILES string of the molecule is CCCCCCCCCCCCCCCC/C=C/CC/C=C/C(O)C(COC1OC(CO)C(OC2OC(CO)C(OC3OC(CO)C(O)C(O)C3O)C(O)C2O)C(O)C1O)NC(=O)CCCCCCCCCCCCCCCCCCCCCCCCCCCCCCC. The lowest BCUT2D eigenvalue weighted by atomic mass is 9.96. The third-order valence-corrected chi connectivity index (χ3v) is 19.5. The van der Waals surface area contributed by atoms with Crippen molar-refractivity contribution in [3.63, 3.8) is 0 Å². The number of hydrogen-bond acceptors (Lipinski definition) is 18. The molecule has 3 saturated heterocycles. The molecule has 94 heavy (non-hydrogen) atoms. The minimum absolute atomic E-state index is 0.241. The summed E-state index contributed by atoms with van der Waals surface area (Å²) in [4.78, 5) is 13.4. The zero-order valence-electron chi connectivity index (χ0n) is 59.0. The fraction of sp³-hybridized carbons (Fsp3) is 0.933. The first kappa shape index (κ1) is 86.5. The van der Waals surface area contributed by atoms with E-state index in [1.54, 1.807) is 6.08 Å². The quantitative estimate of drug-likeness (QED) is 0.0199. The highest BCUT2D eigenvalue weighted by atomic mass is 16.8. The Morgan fingerprint density at radius 1 is 0.372 bits per heavy atom. The number of carbonyl (C=O) groups excluding carboxylic acids is 1. The molecule has 0 aromatic rings. The van der Waals surface area contributed by atoms with E-state index in [-0.39, 0.29) is 18.9 Å². The Labute approximate surface area is 568 Å². The molecule has 19 nitrogen and oxygen atoms in total. The van der Waals surface area contributed by atoms with Gasteiger partial charge in [-0.25, -0.2) is 0 Å². The van der Waals surface area contributed by atoms with Crippen LogP contribution >= 0.6 is 0 Å². The molecule has 3 aliphatic heterocycles. The summed E-state index contributed by atoms with van der Waals surface area (Å²) in [5, 5.41) is 121. The molecule has 0 aromatic carbocycles. The van der Waals surface area contributed by atoms with E-state index in [0.717, 1.165) is 38.5 Å². The van der Waals surface area contributed by atoms with Crippen molar-refractivity contribution in [2.75, 3.05) is 26.4 Å². The molecule has 0 spiro atoms. The maximum absolute atomic E-state index is 13.4. The highest BCUT2D eigenvalue weighted by molar-refractivity contribution is 5.76. The van der Waals surface area contributed by atoms with Crippen LogP contribution in [0, 0.1) is 0 Å². The van der Waals surface area contributed by atoms with Crippen LogP contribution in [0.5, 0.6) is 0 Å². The van der Waals surface area contributed by atoms with Crippen LogP contribution in [0.3, 0.4) is 0 Å². The van der Waals surface area contributed by atoms with Crippen LogP contribution in [-0.4, -0.2) is 193 Å². The first-order valence-corrected chi connectivity index (χ1v) is 38.6. The molecule has 0 aliphatic carbocycles. The van der Waals surface area contributed by atoms with Gasteiger partial charge >= 0.3 is 0 Å². The van der Waals surface area contributed by atoms with Crippen LogP contribution in [0.4, 0.5) is 0 Å². The Hall–Kier alpha value is -1.73. The topological polar surface area (TPSA) is 307 Å². The lowest BCUT2D eigenvalue weighted by molar-refractivity contribution is -0.379. The van der Waals surface area contributed by atoms with E-state index < -0.39 is 124 Å². The molecule has 3 heterocycles. The van der Waals surface area contributed by atoms with Crippen molar-refractivity contribution in [2.45, 2.75) is 420 Å². The molecule has 17 atom stereocenters. The Morgan fingerprint density at radius 2 is 0.681 bits per heavy atom. The molecule has 17 unspecified atom stereocenters. The number of rotatable bonds is 61. The van der Waals surface area contributed by atoms with Crippen LogP contribution in [-0.2, 0) is 33.2 Å². The number of ether oxygens (including phenoxy) is 6. The van der Waals surface area contributed by atoms with Crippen molar-refractivity contribution in [2.24, 2.45) is 0 Å². The van der Waals surface area contributed by atoms with Gasteiger partial charge in [-0.05, 0) is 32.1 Å². The van der Waals surface area contributed by atoms with Crippen molar-refractivity contribution >= 4 is 5.91 Å². The number of nitrogens with one attached hydrogen (secondary N) is 1. The van der Waals surface area contributed by atoms with Gasteiger partial charge < -0.3 is 89.9 Å². The second kappa shape index (κ2) is 57.0. The molecule has 0 radical (unpaired) electrons. The number of allylic oxidation sites excluding steroid dienone is 3. The Morgan fingerprint density at radius 3 is 1.06 bits per heavy atom. The summed E-state index contributed by atoms with van der Waals surface area (Å²) in [6, 6.07) is -0.987. The largest absolute Gasteiger partial charge is 0.394 e. The average Bonchev–Trinajstić information content (AvgIpc) is 0.787. The predicted molar refractivity (Wildman–Crippen MR) is 370 cm³/mol. The summed E-state index contributed by atoms with van der Waals surface area (Å²) in [6.45, 7) is 1.77. The Balaban J connectivity index is 1.39. The molecule has 0 aromatic heterocycles. The molecule has 3 fully saturated rings. The molecule has 19 heteroatoms. The lowest BCUT2D eigenvalue weighted by Crippen LogP contribution is -2.66. The normalized spacial score (nSPS) is 27.4. The lowest BCUT2D eigenvalue weighted by Gasteiger charge is -2.48. The van der Waals surface area contributed by atoms with Crippen LogP contribution in [0.25, 0.3) is 0 Å². The molecule has 554 valence electrons. The van der Waals surface area contributed by atoms with Crippen LogP contribution in [0.2, 0.25) is 0 Å². The monoisotopic (exact) mass is 1340 g/mol. The van der Waals surface area contributed by atoms with Crippen molar-refractivity contribution in [1.82, 2.24) is 5.32 Å². The fourth-order valence-electron chi connectivity index (χ4n) is 13.3. The summed E-state index contributed by atoms with van der Waals surface area (Å²) in [5.41, 5.74) is 0.